The summed E-state index contributed by atoms with van der Waals surface area (Å²) in [6, 6.07) is 8.57. The van der Waals surface area contributed by atoms with Crippen LogP contribution in [0.25, 0.3) is 10.9 Å². The summed E-state index contributed by atoms with van der Waals surface area (Å²) in [6.07, 6.45) is 8.68. The summed E-state index contributed by atoms with van der Waals surface area (Å²) in [5, 5.41) is 1.21. The molecule has 3 heterocycles. The molecule has 28 heavy (non-hydrogen) atoms. The molecule has 2 saturated heterocycles. The van der Waals surface area contributed by atoms with Crippen molar-refractivity contribution in [1.82, 2.24) is 9.47 Å². The van der Waals surface area contributed by atoms with Crippen LogP contribution in [0.3, 0.4) is 0 Å². The van der Waals surface area contributed by atoms with E-state index in [1.54, 1.807) is 0 Å². The fourth-order valence-electron chi connectivity index (χ4n) is 4.61. The number of rotatable bonds is 5. The van der Waals surface area contributed by atoms with Gasteiger partial charge in [0.2, 0.25) is 5.91 Å². The molecule has 5 rings (SSSR count). The number of carbonyl (C=O) groups is 1. The Bertz CT molecular complexity index is 827. The molecule has 2 aliphatic heterocycles. The summed E-state index contributed by atoms with van der Waals surface area (Å²) < 4.78 is 14.2. The van der Waals surface area contributed by atoms with E-state index in [1.165, 1.54) is 23.7 Å². The van der Waals surface area contributed by atoms with Crippen molar-refractivity contribution in [3.05, 3.63) is 30.5 Å². The number of fused-ring (bicyclic) bond motifs is 1. The van der Waals surface area contributed by atoms with Gasteiger partial charge in [-0.2, -0.15) is 0 Å². The van der Waals surface area contributed by atoms with Crippen LogP contribution in [0.1, 0.15) is 38.5 Å². The maximum absolute atomic E-state index is 12.7. The first kappa shape index (κ1) is 18.0. The number of amides is 1. The minimum atomic E-state index is 0.159. The van der Waals surface area contributed by atoms with E-state index in [9.17, 15) is 4.79 Å². The van der Waals surface area contributed by atoms with Gasteiger partial charge in [0.25, 0.3) is 0 Å². The van der Waals surface area contributed by atoms with Crippen molar-refractivity contribution in [1.29, 1.82) is 0 Å². The SMILES string of the molecule is O=C(C1CCOCC1)N1CCC(Oc2cccc3c2ccn3CC2CC2)CC1. The lowest BCUT2D eigenvalue weighted by Gasteiger charge is -2.35. The highest BCUT2D eigenvalue weighted by molar-refractivity contribution is 5.86. The molecule has 1 aromatic heterocycles. The Morgan fingerprint density at radius 3 is 2.57 bits per heavy atom. The van der Waals surface area contributed by atoms with Crippen molar-refractivity contribution in [2.24, 2.45) is 11.8 Å². The van der Waals surface area contributed by atoms with E-state index in [4.69, 9.17) is 9.47 Å². The van der Waals surface area contributed by atoms with Gasteiger partial charge in [0, 0.05) is 63.2 Å². The van der Waals surface area contributed by atoms with Crippen LogP contribution in [-0.4, -0.2) is 47.8 Å². The van der Waals surface area contributed by atoms with Gasteiger partial charge in [-0.1, -0.05) is 6.07 Å². The summed E-state index contributed by atoms with van der Waals surface area (Å²) in [5.74, 6) is 2.33. The zero-order valence-corrected chi connectivity index (χ0v) is 16.5. The molecule has 2 aromatic rings. The third kappa shape index (κ3) is 3.77. The van der Waals surface area contributed by atoms with E-state index in [1.807, 2.05) is 4.90 Å². The van der Waals surface area contributed by atoms with E-state index in [0.717, 1.165) is 70.2 Å². The molecule has 150 valence electrons. The smallest absolute Gasteiger partial charge is 0.225 e. The standard InChI is InChI=1S/C23H30N2O3/c26-23(18-9-14-27-15-10-18)24-11-6-19(7-12-24)28-22-3-1-2-21-20(22)8-13-25(21)16-17-4-5-17/h1-3,8,13,17-19H,4-7,9-12,14-16H2. The molecule has 5 heteroatoms. The van der Waals surface area contributed by atoms with Crippen LogP contribution in [0.4, 0.5) is 0 Å². The highest BCUT2D eigenvalue weighted by Gasteiger charge is 2.30. The van der Waals surface area contributed by atoms with Crippen molar-refractivity contribution in [3.8, 4) is 5.75 Å². The molecule has 0 bridgehead atoms. The van der Waals surface area contributed by atoms with Gasteiger partial charge in [-0.3, -0.25) is 4.79 Å². The predicted octanol–water partition coefficient (Wildman–Crippen LogP) is 3.85. The number of hydrogen-bond donors (Lipinski definition) is 0. The van der Waals surface area contributed by atoms with Crippen LogP contribution in [0.5, 0.6) is 5.75 Å². The third-order valence-corrected chi connectivity index (χ3v) is 6.54. The average molecular weight is 383 g/mol. The van der Waals surface area contributed by atoms with E-state index in [-0.39, 0.29) is 12.0 Å². The summed E-state index contributed by atoms with van der Waals surface area (Å²) in [7, 11) is 0. The first-order chi connectivity index (χ1) is 13.8. The average Bonchev–Trinajstić information content (AvgIpc) is 3.47. The molecular formula is C23H30N2O3. The largest absolute Gasteiger partial charge is 0.490 e. The Labute approximate surface area is 166 Å². The maximum atomic E-state index is 12.7. The molecule has 1 aliphatic carbocycles. The quantitative estimate of drug-likeness (QED) is 0.789. The highest BCUT2D eigenvalue weighted by atomic mass is 16.5. The van der Waals surface area contributed by atoms with Crippen molar-refractivity contribution < 1.29 is 14.3 Å². The molecule has 1 saturated carbocycles. The molecule has 5 nitrogen and oxygen atoms in total. The molecule has 0 unspecified atom stereocenters. The number of ether oxygens (including phenoxy) is 2. The van der Waals surface area contributed by atoms with Crippen molar-refractivity contribution >= 4 is 16.8 Å². The van der Waals surface area contributed by atoms with E-state index >= 15 is 0 Å². The number of aromatic nitrogens is 1. The van der Waals surface area contributed by atoms with Crippen LogP contribution in [0.15, 0.2) is 30.5 Å². The predicted molar refractivity (Wildman–Crippen MR) is 108 cm³/mol. The Hall–Kier alpha value is -2.01. The molecule has 3 aliphatic rings. The maximum Gasteiger partial charge on any atom is 0.225 e. The summed E-state index contributed by atoms with van der Waals surface area (Å²) in [6.45, 7) is 4.18. The number of likely N-dealkylation sites (tertiary alicyclic amines) is 1. The van der Waals surface area contributed by atoms with Gasteiger partial charge in [-0.25, -0.2) is 0 Å². The highest BCUT2D eigenvalue weighted by Crippen LogP contribution is 2.34. The molecular weight excluding hydrogens is 352 g/mol. The first-order valence-electron chi connectivity index (χ1n) is 10.9. The van der Waals surface area contributed by atoms with Gasteiger partial charge in [-0.15, -0.1) is 0 Å². The summed E-state index contributed by atoms with van der Waals surface area (Å²) in [5.41, 5.74) is 1.27. The van der Waals surface area contributed by atoms with Crippen LogP contribution in [-0.2, 0) is 16.1 Å². The Balaban J connectivity index is 1.20. The lowest BCUT2D eigenvalue weighted by atomic mass is 9.97. The topological polar surface area (TPSA) is 43.7 Å². The molecule has 1 amide bonds. The van der Waals surface area contributed by atoms with Gasteiger partial charge < -0.3 is 18.9 Å². The minimum Gasteiger partial charge on any atom is -0.490 e. The fourth-order valence-corrected chi connectivity index (χ4v) is 4.61. The van der Waals surface area contributed by atoms with Gasteiger partial charge in [0.15, 0.2) is 0 Å². The number of carbonyl (C=O) groups excluding carboxylic acids is 1. The lowest BCUT2D eigenvalue weighted by Crippen LogP contribution is -2.45. The van der Waals surface area contributed by atoms with Crippen LogP contribution < -0.4 is 4.74 Å². The van der Waals surface area contributed by atoms with Gasteiger partial charge in [0.05, 0.1) is 5.52 Å². The van der Waals surface area contributed by atoms with E-state index in [2.05, 4.69) is 35.0 Å². The second-order valence-corrected chi connectivity index (χ2v) is 8.63. The second-order valence-electron chi connectivity index (χ2n) is 8.63. The normalized spacial score (nSPS) is 21.9. The second kappa shape index (κ2) is 7.78. The molecule has 0 N–H and O–H groups in total. The number of piperidine rings is 1. The summed E-state index contributed by atoms with van der Waals surface area (Å²) >= 11 is 0. The Morgan fingerprint density at radius 2 is 1.82 bits per heavy atom. The fraction of sp³-hybridized carbons (Fsp3) is 0.609. The van der Waals surface area contributed by atoms with Crippen molar-refractivity contribution in [2.45, 2.75) is 51.2 Å². The third-order valence-electron chi connectivity index (χ3n) is 6.54. The number of hydrogen-bond acceptors (Lipinski definition) is 3. The zero-order valence-electron chi connectivity index (χ0n) is 16.5. The summed E-state index contributed by atoms with van der Waals surface area (Å²) in [4.78, 5) is 14.8. The lowest BCUT2D eigenvalue weighted by molar-refractivity contribution is -0.140. The monoisotopic (exact) mass is 382 g/mol. The molecule has 0 atom stereocenters. The molecule has 1 aromatic carbocycles. The van der Waals surface area contributed by atoms with Gasteiger partial charge in [-0.05, 0) is 49.8 Å². The molecule has 3 fully saturated rings. The number of nitrogens with zero attached hydrogens (tertiary/aromatic N) is 2. The molecule has 0 radical (unpaired) electrons. The van der Waals surface area contributed by atoms with Crippen molar-refractivity contribution in [2.75, 3.05) is 26.3 Å². The van der Waals surface area contributed by atoms with Crippen LogP contribution in [0, 0.1) is 11.8 Å². The van der Waals surface area contributed by atoms with Gasteiger partial charge in [0.1, 0.15) is 11.9 Å². The minimum absolute atomic E-state index is 0.159. The first-order valence-corrected chi connectivity index (χ1v) is 10.9. The Morgan fingerprint density at radius 1 is 1.04 bits per heavy atom. The Kier molecular flexibility index (Phi) is 5.02. The van der Waals surface area contributed by atoms with Crippen LogP contribution >= 0.6 is 0 Å². The van der Waals surface area contributed by atoms with E-state index < -0.39 is 0 Å². The zero-order chi connectivity index (χ0) is 18.9. The van der Waals surface area contributed by atoms with E-state index in [0.29, 0.717) is 5.91 Å². The van der Waals surface area contributed by atoms with Gasteiger partial charge >= 0.3 is 0 Å². The van der Waals surface area contributed by atoms with Crippen molar-refractivity contribution in [3.63, 3.8) is 0 Å². The van der Waals surface area contributed by atoms with Crippen LogP contribution in [0.2, 0.25) is 0 Å². The molecule has 0 spiro atoms. The number of benzene rings is 1.